The van der Waals surface area contributed by atoms with Crippen LogP contribution in [0.15, 0.2) is 29.2 Å². The van der Waals surface area contributed by atoms with Gasteiger partial charge in [-0.3, -0.25) is 5.41 Å². The minimum atomic E-state index is -3.64. The first-order valence-electron chi connectivity index (χ1n) is 6.31. The maximum absolute atomic E-state index is 12.4. The van der Waals surface area contributed by atoms with Crippen LogP contribution in [0.25, 0.3) is 0 Å². The van der Waals surface area contributed by atoms with Gasteiger partial charge in [0.2, 0.25) is 10.0 Å². The molecule has 1 aliphatic rings. The standard InChI is InChI=1S/C13H19N3O2S/c1-10-5-4-6-11(9-10)19(17,18)16-13(12(14)15)7-2-3-8-13/h4-6,9,16H,2-3,7-8H2,1H3,(H3,14,15). The molecule has 0 radical (unpaired) electrons. The summed E-state index contributed by atoms with van der Waals surface area (Å²) >= 11 is 0. The summed E-state index contributed by atoms with van der Waals surface area (Å²) in [6.07, 6.45) is 2.95. The predicted octanol–water partition coefficient (Wildman–Crippen LogP) is 1.52. The molecule has 19 heavy (non-hydrogen) atoms. The summed E-state index contributed by atoms with van der Waals surface area (Å²) in [6.45, 7) is 1.84. The van der Waals surface area contributed by atoms with Crippen molar-refractivity contribution in [3.63, 3.8) is 0 Å². The van der Waals surface area contributed by atoms with Gasteiger partial charge in [-0.05, 0) is 37.5 Å². The topological polar surface area (TPSA) is 96.0 Å². The molecule has 1 fully saturated rings. The van der Waals surface area contributed by atoms with E-state index in [1.807, 2.05) is 13.0 Å². The van der Waals surface area contributed by atoms with Crippen LogP contribution in [0.2, 0.25) is 0 Å². The molecule has 0 spiro atoms. The molecule has 0 bridgehead atoms. The fraction of sp³-hybridized carbons (Fsp3) is 0.462. The summed E-state index contributed by atoms with van der Waals surface area (Å²) < 4.78 is 27.4. The molecule has 5 nitrogen and oxygen atoms in total. The molecule has 1 aliphatic carbocycles. The second-order valence-electron chi connectivity index (χ2n) is 5.12. The van der Waals surface area contributed by atoms with Crippen LogP contribution in [0.5, 0.6) is 0 Å². The van der Waals surface area contributed by atoms with Gasteiger partial charge in [0.25, 0.3) is 0 Å². The largest absolute Gasteiger partial charge is 0.386 e. The van der Waals surface area contributed by atoms with Crippen molar-refractivity contribution in [1.82, 2.24) is 4.72 Å². The molecule has 0 atom stereocenters. The first kappa shape index (κ1) is 14.0. The van der Waals surface area contributed by atoms with Crippen LogP contribution in [-0.2, 0) is 10.0 Å². The molecule has 0 heterocycles. The fourth-order valence-corrected chi connectivity index (χ4v) is 4.05. The highest BCUT2D eigenvalue weighted by Crippen LogP contribution is 2.31. The molecule has 0 aliphatic heterocycles. The van der Waals surface area contributed by atoms with Crippen molar-refractivity contribution in [1.29, 1.82) is 5.41 Å². The van der Waals surface area contributed by atoms with E-state index >= 15 is 0 Å². The van der Waals surface area contributed by atoms with Gasteiger partial charge in [0.1, 0.15) is 5.84 Å². The summed E-state index contributed by atoms with van der Waals surface area (Å²) in [5.41, 5.74) is 5.58. The van der Waals surface area contributed by atoms with Crippen LogP contribution < -0.4 is 10.5 Å². The molecule has 104 valence electrons. The summed E-state index contributed by atoms with van der Waals surface area (Å²) in [5.74, 6) is -0.0961. The van der Waals surface area contributed by atoms with Crippen molar-refractivity contribution in [2.45, 2.75) is 43.0 Å². The molecule has 6 heteroatoms. The molecular formula is C13H19N3O2S. The number of nitrogens with one attached hydrogen (secondary N) is 2. The number of benzene rings is 1. The van der Waals surface area contributed by atoms with Crippen molar-refractivity contribution in [2.75, 3.05) is 0 Å². The van der Waals surface area contributed by atoms with E-state index in [-0.39, 0.29) is 10.7 Å². The molecule has 4 N–H and O–H groups in total. The highest BCUT2D eigenvalue weighted by Gasteiger charge is 2.40. The first-order valence-corrected chi connectivity index (χ1v) is 7.79. The number of amidine groups is 1. The van der Waals surface area contributed by atoms with E-state index in [2.05, 4.69) is 4.72 Å². The third-order valence-electron chi connectivity index (χ3n) is 3.60. The molecule has 1 saturated carbocycles. The third-order valence-corrected chi connectivity index (χ3v) is 5.14. The van der Waals surface area contributed by atoms with Crippen LogP contribution in [0.4, 0.5) is 0 Å². The molecule has 2 rings (SSSR count). The lowest BCUT2D eigenvalue weighted by molar-refractivity contribution is 0.496. The third kappa shape index (κ3) is 2.79. The van der Waals surface area contributed by atoms with Gasteiger partial charge in [-0.25, -0.2) is 8.42 Å². The van der Waals surface area contributed by atoms with E-state index in [0.717, 1.165) is 18.4 Å². The number of sulfonamides is 1. The Hall–Kier alpha value is -1.40. The zero-order valence-corrected chi connectivity index (χ0v) is 11.8. The Morgan fingerprint density at radius 3 is 2.53 bits per heavy atom. The normalized spacial score (nSPS) is 18.4. The molecule has 0 aromatic heterocycles. The van der Waals surface area contributed by atoms with Gasteiger partial charge < -0.3 is 5.73 Å². The van der Waals surface area contributed by atoms with Gasteiger partial charge in [0.05, 0.1) is 10.4 Å². The second kappa shape index (κ2) is 4.94. The summed E-state index contributed by atoms with van der Waals surface area (Å²) in [7, 11) is -3.64. The Balaban J connectivity index is 2.33. The van der Waals surface area contributed by atoms with Crippen LogP contribution in [0.3, 0.4) is 0 Å². The SMILES string of the molecule is Cc1cccc(S(=O)(=O)NC2(C(=N)N)CCCC2)c1. The Morgan fingerprint density at radius 2 is 2.00 bits per heavy atom. The highest BCUT2D eigenvalue weighted by molar-refractivity contribution is 7.89. The minimum absolute atomic E-state index is 0.0961. The van der Waals surface area contributed by atoms with E-state index in [0.29, 0.717) is 12.8 Å². The lowest BCUT2D eigenvalue weighted by atomic mass is 9.98. The van der Waals surface area contributed by atoms with Crippen LogP contribution in [-0.4, -0.2) is 19.8 Å². The summed E-state index contributed by atoms with van der Waals surface area (Å²) in [5, 5.41) is 7.68. The molecule has 0 amide bonds. The highest BCUT2D eigenvalue weighted by atomic mass is 32.2. The quantitative estimate of drug-likeness (QED) is 0.576. The second-order valence-corrected chi connectivity index (χ2v) is 6.81. The van der Waals surface area contributed by atoms with Gasteiger partial charge in [-0.2, -0.15) is 4.72 Å². The van der Waals surface area contributed by atoms with E-state index in [9.17, 15) is 8.42 Å². The van der Waals surface area contributed by atoms with Gasteiger partial charge in [-0.1, -0.05) is 25.0 Å². The van der Waals surface area contributed by atoms with Gasteiger partial charge >= 0.3 is 0 Å². The van der Waals surface area contributed by atoms with Crippen molar-refractivity contribution in [3.05, 3.63) is 29.8 Å². The van der Waals surface area contributed by atoms with Gasteiger partial charge in [-0.15, -0.1) is 0 Å². The summed E-state index contributed by atoms with van der Waals surface area (Å²) in [4.78, 5) is 0.222. The lowest BCUT2D eigenvalue weighted by Crippen LogP contribution is -2.55. The van der Waals surface area contributed by atoms with Crippen molar-refractivity contribution in [3.8, 4) is 0 Å². The molecule has 0 unspecified atom stereocenters. The lowest BCUT2D eigenvalue weighted by Gasteiger charge is -2.28. The average Bonchev–Trinajstić information content (AvgIpc) is 2.78. The van der Waals surface area contributed by atoms with E-state index in [1.165, 1.54) is 0 Å². The smallest absolute Gasteiger partial charge is 0.241 e. The van der Waals surface area contributed by atoms with E-state index < -0.39 is 15.6 Å². The molecule has 1 aromatic rings. The van der Waals surface area contributed by atoms with Gasteiger partial charge in [0, 0.05) is 0 Å². The monoisotopic (exact) mass is 281 g/mol. The number of aryl methyl sites for hydroxylation is 1. The maximum atomic E-state index is 12.4. The Kier molecular flexibility index (Phi) is 3.64. The minimum Gasteiger partial charge on any atom is -0.386 e. The van der Waals surface area contributed by atoms with E-state index in [1.54, 1.807) is 18.2 Å². The Morgan fingerprint density at radius 1 is 1.37 bits per heavy atom. The fourth-order valence-electron chi connectivity index (χ4n) is 2.50. The van der Waals surface area contributed by atoms with Crippen molar-refractivity contribution < 1.29 is 8.42 Å². The van der Waals surface area contributed by atoms with Crippen LogP contribution >= 0.6 is 0 Å². The average molecular weight is 281 g/mol. The number of hydrogen-bond donors (Lipinski definition) is 3. The molecule has 0 saturated heterocycles. The van der Waals surface area contributed by atoms with Gasteiger partial charge in [0.15, 0.2) is 0 Å². The number of rotatable bonds is 4. The van der Waals surface area contributed by atoms with Crippen LogP contribution in [0.1, 0.15) is 31.2 Å². The Bertz CT molecular complexity index is 590. The van der Waals surface area contributed by atoms with Crippen molar-refractivity contribution >= 4 is 15.9 Å². The zero-order chi connectivity index (χ0) is 14.1. The maximum Gasteiger partial charge on any atom is 0.241 e. The number of hydrogen-bond acceptors (Lipinski definition) is 3. The predicted molar refractivity (Wildman–Crippen MR) is 74.6 cm³/mol. The molecular weight excluding hydrogens is 262 g/mol. The van der Waals surface area contributed by atoms with Crippen molar-refractivity contribution in [2.24, 2.45) is 5.73 Å². The number of nitrogens with two attached hydrogens (primary N) is 1. The van der Waals surface area contributed by atoms with Crippen LogP contribution in [0, 0.1) is 12.3 Å². The Labute approximate surface area is 113 Å². The molecule has 1 aromatic carbocycles. The van der Waals surface area contributed by atoms with E-state index in [4.69, 9.17) is 11.1 Å². The first-order chi connectivity index (χ1) is 8.86. The zero-order valence-electron chi connectivity index (χ0n) is 10.9. The summed E-state index contributed by atoms with van der Waals surface area (Å²) in [6, 6.07) is 6.72.